The molecule has 0 radical (unpaired) electrons. The second-order valence-electron chi connectivity index (χ2n) is 4.18. The molecule has 4 nitrogen and oxygen atoms in total. The minimum Gasteiger partial charge on any atom is -0.465 e. The molecule has 0 saturated carbocycles. The predicted molar refractivity (Wildman–Crippen MR) is 70.7 cm³/mol. The van der Waals surface area contributed by atoms with E-state index in [-0.39, 0.29) is 6.54 Å². The van der Waals surface area contributed by atoms with Gasteiger partial charge in [-0.1, -0.05) is 11.6 Å². The van der Waals surface area contributed by atoms with Crippen LogP contribution in [0.1, 0.15) is 5.56 Å². The summed E-state index contributed by atoms with van der Waals surface area (Å²) in [6.07, 6.45) is 0.642. The van der Waals surface area contributed by atoms with Gasteiger partial charge >= 0.3 is 6.09 Å². The fourth-order valence-electron chi connectivity index (χ4n) is 1.74. The maximum Gasteiger partial charge on any atom is 0.407 e. The van der Waals surface area contributed by atoms with Gasteiger partial charge in [-0.05, 0) is 29.8 Å². The van der Waals surface area contributed by atoms with Crippen LogP contribution in [0.2, 0.25) is 5.02 Å². The molecule has 0 bridgehead atoms. The highest BCUT2D eigenvalue weighted by Crippen LogP contribution is 2.25. The van der Waals surface area contributed by atoms with Crippen molar-refractivity contribution in [3.8, 4) is 11.3 Å². The molecule has 0 aliphatic rings. The van der Waals surface area contributed by atoms with Crippen LogP contribution >= 0.6 is 11.6 Å². The molecule has 0 atom stereocenters. The molecule has 1 aromatic heterocycles. The number of carboxylic acid groups (broad SMARTS) is 1. The number of halogens is 2. The molecule has 1 amide bonds. The first-order valence-corrected chi connectivity index (χ1v) is 5.92. The molecular weight excluding hydrogens is 271 g/mol. The van der Waals surface area contributed by atoms with Gasteiger partial charge in [0.05, 0.1) is 6.54 Å². The first-order valence-electron chi connectivity index (χ1n) is 5.54. The fraction of sp³-hybridized carbons (Fsp3) is 0.154. The summed E-state index contributed by atoms with van der Waals surface area (Å²) in [6.45, 7) is 0.237. The Kier molecular flexibility index (Phi) is 3.76. The van der Waals surface area contributed by atoms with Crippen LogP contribution in [0, 0.1) is 5.82 Å². The van der Waals surface area contributed by atoms with E-state index in [0.29, 0.717) is 16.3 Å². The largest absolute Gasteiger partial charge is 0.465 e. The van der Waals surface area contributed by atoms with Gasteiger partial charge in [-0.3, -0.25) is 0 Å². The molecule has 1 aromatic carbocycles. The smallest absolute Gasteiger partial charge is 0.407 e. The lowest BCUT2D eigenvalue weighted by atomic mass is 10.1. The van der Waals surface area contributed by atoms with Gasteiger partial charge in [0, 0.05) is 29.5 Å². The van der Waals surface area contributed by atoms with Gasteiger partial charge < -0.3 is 15.0 Å². The minimum atomic E-state index is -1.01. The van der Waals surface area contributed by atoms with Gasteiger partial charge in [-0.15, -0.1) is 0 Å². The molecule has 1 heterocycles. The topological polar surface area (TPSA) is 56.3 Å². The van der Waals surface area contributed by atoms with Gasteiger partial charge in [0.2, 0.25) is 0 Å². The summed E-state index contributed by atoms with van der Waals surface area (Å²) in [4.78, 5) is 14.8. The summed E-state index contributed by atoms with van der Waals surface area (Å²) < 4.78 is 13.7. The zero-order chi connectivity index (χ0) is 14.0. The second kappa shape index (κ2) is 5.32. The highest BCUT2D eigenvalue weighted by Gasteiger charge is 2.11. The summed E-state index contributed by atoms with van der Waals surface area (Å²) in [5, 5.41) is 9.11. The highest BCUT2D eigenvalue weighted by molar-refractivity contribution is 6.30. The zero-order valence-corrected chi connectivity index (χ0v) is 10.9. The lowest BCUT2D eigenvalue weighted by molar-refractivity contribution is 0.154. The van der Waals surface area contributed by atoms with Crippen LogP contribution in [0.3, 0.4) is 0 Å². The summed E-state index contributed by atoms with van der Waals surface area (Å²) in [6, 6.07) is 6.13. The quantitative estimate of drug-likeness (QED) is 0.904. The average Bonchev–Trinajstić information content (AvgIpc) is 2.77. The van der Waals surface area contributed by atoms with Crippen LogP contribution in [0.15, 0.2) is 30.5 Å². The Morgan fingerprint density at radius 1 is 1.47 bits per heavy atom. The van der Waals surface area contributed by atoms with Crippen LogP contribution in [-0.2, 0) is 6.54 Å². The number of nitrogens with zero attached hydrogens (tertiary/aromatic N) is 1. The number of benzene rings is 1. The van der Waals surface area contributed by atoms with E-state index in [2.05, 4.69) is 4.98 Å². The standard InChI is InChI=1S/C13H12ClFN2O2/c1-17(13(18)19)7-8-4-12(16-6-8)10-3-2-9(14)5-11(10)15/h2-6,16H,7H2,1H3,(H,18,19). The van der Waals surface area contributed by atoms with Crippen molar-refractivity contribution in [3.63, 3.8) is 0 Å². The van der Waals surface area contributed by atoms with E-state index in [1.807, 2.05) is 0 Å². The number of H-pyrrole nitrogens is 1. The van der Waals surface area contributed by atoms with E-state index in [0.717, 1.165) is 10.5 Å². The molecule has 2 N–H and O–H groups in total. The number of carbonyl (C=O) groups is 1. The maximum atomic E-state index is 13.7. The molecule has 0 aliphatic heterocycles. The molecule has 0 fully saturated rings. The van der Waals surface area contributed by atoms with E-state index >= 15 is 0 Å². The van der Waals surface area contributed by atoms with Gasteiger partial charge in [0.15, 0.2) is 0 Å². The normalized spacial score (nSPS) is 10.5. The van der Waals surface area contributed by atoms with E-state index < -0.39 is 11.9 Å². The van der Waals surface area contributed by atoms with Crippen LogP contribution in [-0.4, -0.2) is 28.1 Å². The number of aromatic amines is 1. The first kappa shape index (κ1) is 13.4. The third kappa shape index (κ3) is 3.06. The van der Waals surface area contributed by atoms with Crippen molar-refractivity contribution in [2.75, 3.05) is 7.05 Å². The van der Waals surface area contributed by atoms with Gasteiger partial charge in [-0.2, -0.15) is 0 Å². The molecule has 2 rings (SSSR count). The number of hydrogen-bond donors (Lipinski definition) is 2. The Hall–Kier alpha value is -2.01. The van der Waals surface area contributed by atoms with Crippen molar-refractivity contribution in [2.24, 2.45) is 0 Å². The number of aromatic nitrogens is 1. The number of amides is 1. The van der Waals surface area contributed by atoms with Crippen molar-refractivity contribution < 1.29 is 14.3 Å². The molecule has 19 heavy (non-hydrogen) atoms. The fourth-order valence-corrected chi connectivity index (χ4v) is 1.89. The molecule has 0 aliphatic carbocycles. The van der Waals surface area contributed by atoms with Crippen molar-refractivity contribution in [1.29, 1.82) is 0 Å². The van der Waals surface area contributed by atoms with E-state index in [1.165, 1.54) is 13.1 Å². The van der Waals surface area contributed by atoms with E-state index in [1.54, 1.807) is 24.4 Å². The summed E-state index contributed by atoms with van der Waals surface area (Å²) >= 11 is 5.69. The van der Waals surface area contributed by atoms with Crippen molar-refractivity contribution >= 4 is 17.7 Å². The maximum absolute atomic E-state index is 13.7. The molecule has 100 valence electrons. The lowest BCUT2D eigenvalue weighted by Gasteiger charge is -2.10. The first-order chi connectivity index (χ1) is 8.97. The Morgan fingerprint density at radius 2 is 2.21 bits per heavy atom. The number of hydrogen-bond acceptors (Lipinski definition) is 1. The van der Waals surface area contributed by atoms with Gasteiger partial charge in [0.25, 0.3) is 0 Å². The van der Waals surface area contributed by atoms with Crippen LogP contribution in [0.4, 0.5) is 9.18 Å². The van der Waals surface area contributed by atoms with Crippen molar-refractivity contribution in [2.45, 2.75) is 6.54 Å². The second-order valence-corrected chi connectivity index (χ2v) is 4.62. The van der Waals surface area contributed by atoms with Crippen LogP contribution in [0.25, 0.3) is 11.3 Å². The predicted octanol–water partition coefficient (Wildman–Crippen LogP) is 3.58. The zero-order valence-electron chi connectivity index (χ0n) is 10.2. The minimum absolute atomic E-state index is 0.237. The summed E-state index contributed by atoms with van der Waals surface area (Å²) in [5.41, 5.74) is 1.74. The van der Waals surface area contributed by atoms with E-state index in [9.17, 15) is 9.18 Å². The average molecular weight is 283 g/mol. The Balaban J connectivity index is 2.23. The van der Waals surface area contributed by atoms with Crippen molar-refractivity contribution in [1.82, 2.24) is 9.88 Å². The van der Waals surface area contributed by atoms with Gasteiger partial charge in [-0.25, -0.2) is 9.18 Å². The summed E-state index contributed by atoms with van der Waals surface area (Å²) in [5.74, 6) is -0.424. The summed E-state index contributed by atoms with van der Waals surface area (Å²) in [7, 11) is 1.47. The Morgan fingerprint density at radius 3 is 2.84 bits per heavy atom. The SMILES string of the molecule is CN(Cc1c[nH]c(-c2ccc(Cl)cc2F)c1)C(=O)O. The number of nitrogens with one attached hydrogen (secondary N) is 1. The van der Waals surface area contributed by atoms with Crippen molar-refractivity contribution in [3.05, 3.63) is 46.9 Å². The monoisotopic (exact) mass is 282 g/mol. The molecular formula is C13H12ClFN2O2. The van der Waals surface area contributed by atoms with Crippen LogP contribution in [0.5, 0.6) is 0 Å². The molecule has 0 saturated heterocycles. The number of rotatable bonds is 3. The third-order valence-electron chi connectivity index (χ3n) is 2.71. The lowest BCUT2D eigenvalue weighted by Crippen LogP contribution is -2.23. The van der Waals surface area contributed by atoms with E-state index in [4.69, 9.17) is 16.7 Å². The Bertz CT molecular complexity index is 612. The Labute approximate surface area is 114 Å². The highest BCUT2D eigenvalue weighted by atomic mass is 35.5. The molecule has 0 spiro atoms. The molecule has 6 heteroatoms. The molecule has 0 unspecified atom stereocenters. The third-order valence-corrected chi connectivity index (χ3v) is 2.95. The van der Waals surface area contributed by atoms with Gasteiger partial charge in [0.1, 0.15) is 5.82 Å². The van der Waals surface area contributed by atoms with Crippen LogP contribution < -0.4 is 0 Å². The molecule has 2 aromatic rings.